The molecule has 0 bridgehead atoms. The summed E-state index contributed by atoms with van der Waals surface area (Å²) in [5.74, 6) is 0. The van der Waals surface area contributed by atoms with Gasteiger partial charge in [-0.15, -0.1) is 0 Å². The number of rotatable bonds is 5. The molecule has 0 aromatic heterocycles. The number of hydrazine groups is 1. The number of carbonyl (C=O) groups excluding carboxylic acids is 2. The Kier molecular flexibility index (Phi) is 7.02. The summed E-state index contributed by atoms with van der Waals surface area (Å²) in [7, 11) is 0. The predicted molar refractivity (Wildman–Crippen MR) is 99.3 cm³/mol. The SMILES string of the molecule is CCOC(=O)NN(C(=O)OCC)C(C)c1ccc(-c2ccccc2)cc1. The van der Waals surface area contributed by atoms with E-state index >= 15 is 0 Å². The first kappa shape index (κ1) is 19.3. The van der Waals surface area contributed by atoms with E-state index in [1.165, 1.54) is 0 Å². The maximum atomic E-state index is 12.2. The Labute approximate surface area is 153 Å². The standard InChI is InChI=1S/C20H24N2O4/c1-4-25-19(23)21-22(20(24)26-5-2)15(3)16-11-13-18(14-12-16)17-9-7-6-8-10-17/h6-15H,4-5H2,1-3H3,(H,21,23). The molecule has 2 amide bonds. The third-order valence-corrected chi connectivity index (χ3v) is 3.84. The monoisotopic (exact) mass is 356 g/mol. The van der Waals surface area contributed by atoms with Gasteiger partial charge in [-0.25, -0.2) is 20.0 Å². The Morgan fingerprint density at radius 3 is 2.08 bits per heavy atom. The summed E-state index contributed by atoms with van der Waals surface area (Å²) in [5.41, 5.74) is 5.48. The highest BCUT2D eigenvalue weighted by Gasteiger charge is 2.25. The molecule has 0 spiro atoms. The van der Waals surface area contributed by atoms with Crippen molar-refractivity contribution in [2.75, 3.05) is 13.2 Å². The van der Waals surface area contributed by atoms with Crippen LogP contribution in [-0.4, -0.2) is 30.4 Å². The van der Waals surface area contributed by atoms with Gasteiger partial charge >= 0.3 is 12.2 Å². The van der Waals surface area contributed by atoms with E-state index < -0.39 is 18.2 Å². The van der Waals surface area contributed by atoms with Gasteiger partial charge in [0, 0.05) is 0 Å². The van der Waals surface area contributed by atoms with Crippen molar-refractivity contribution in [1.29, 1.82) is 0 Å². The molecule has 138 valence electrons. The molecule has 6 heteroatoms. The first-order valence-corrected chi connectivity index (χ1v) is 8.61. The van der Waals surface area contributed by atoms with Gasteiger partial charge in [0.05, 0.1) is 19.3 Å². The highest BCUT2D eigenvalue weighted by Crippen LogP contribution is 2.24. The van der Waals surface area contributed by atoms with Crippen LogP contribution < -0.4 is 5.43 Å². The van der Waals surface area contributed by atoms with Crippen LogP contribution in [0.5, 0.6) is 0 Å². The summed E-state index contributed by atoms with van der Waals surface area (Å²) in [4.78, 5) is 24.0. The van der Waals surface area contributed by atoms with E-state index in [4.69, 9.17) is 9.47 Å². The van der Waals surface area contributed by atoms with Gasteiger partial charge in [-0.3, -0.25) is 0 Å². The fraction of sp³-hybridized carbons (Fsp3) is 0.300. The minimum atomic E-state index is -0.701. The summed E-state index contributed by atoms with van der Waals surface area (Å²) >= 11 is 0. The molecule has 0 aliphatic carbocycles. The maximum absolute atomic E-state index is 12.2. The van der Waals surface area contributed by atoms with Gasteiger partial charge in [-0.1, -0.05) is 54.6 Å². The topological polar surface area (TPSA) is 67.9 Å². The first-order chi connectivity index (χ1) is 12.6. The lowest BCUT2D eigenvalue weighted by Gasteiger charge is -2.28. The molecular weight excluding hydrogens is 332 g/mol. The Morgan fingerprint density at radius 1 is 0.923 bits per heavy atom. The zero-order valence-corrected chi connectivity index (χ0v) is 15.3. The van der Waals surface area contributed by atoms with E-state index in [0.717, 1.165) is 21.7 Å². The average molecular weight is 356 g/mol. The number of hydrogen-bond donors (Lipinski definition) is 1. The lowest BCUT2D eigenvalue weighted by molar-refractivity contribution is 0.0582. The molecule has 0 saturated heterocycles. The second-order valence-electron chi connectivity index (χ2n) is 5.57. The van der Waals surface area contributed by atoms with Crippen LogP contribution in [0.3, 0.4) is 0 Å². The molecule has 0 aliphatic rings. The van der Waals surface area contributed by atoms with E-state index in [2.05, 4.69) is 5.43 Å². The van der Waals surface area contributed by atoms with Gasteiger partial charge in [0.2, 0.25) is 0 Å². The zero-order chi connectivity index (χ0) is 18.9. The number of carbonyl (C=O) groups is 2. The molecule has 6 nitrogen and oxygen atoms in total. The van der Waals surface area contributed by atoms with Gasteiger partial charge in [0.25, 0.3) is 0 Å². The predicted octanol–water partition coefficient (Wildman–Crippen LogP) is 4.53. The molecule has 26 heavy (non-hydrogen) atoms. The summed E-state index contributed by atoms with van der Waals surface area (Å²) in [5, 5.41) is 1.14. The molecule has 1 atom stereocenters. The molecule has 1 unspecified atom stereocenters. The molecule has 2 aromatic rings. The van der Waals surface area contributed by atoms with Gasteiger partial charge < -0.3 is 9.47 Å². The van der Waals surface area contributed by atoms with Crippen molar-refractivity contribution in [3.63, 3.8) is 0 Å². The number of amides is 2. The Bertz CT molecular complexity index is 716. The van der Waals surface area contributed by atoms with Gasteiger partial charge in [0.1, 0.15) is 0 Å². The van der Waals surface area contributed by atoms with Crippen molar-refractivity contribution in [2.45, 2.75) is 26.8 Å². The molecule has 0 radical (unpaired) electrons. The Balaban J connectivity index is 2.19. The van der Waals surface area contributed by atoms with Crippen LogP contribution in [-0.2, 0) is 9.47 Å². The molecule has 0 fully saturated rings. The van der Waals surface area contributed by atoms with Crippen molar-refractivity contribution in [1.82, 2.24) is 10.4 Å². The Hall–Kier alpha value is -3.02. The van der Waals surface area contributed by atoms with Crippen LogP contribution in [0.4, 0.5) is 9.59 Å². The van der Waals surface area contributed by atoms with Crippen molar-refractivity contribution in [2.24, 2.45) is 0 Å². The minimum absolute atomic E-state index is 0.208. The molecule has 0 aliphatic heterocycles. The van der Waals surface area contributed by atoms with Crippen LogP contribution in [0.15, 0.2) is 54.6 Å². The van der Waals surface area contributed by atoms with Crippen LogP contribution >= 0.6 is 0 Å². The van der Waals surface area contributed by atoms with Crippen LogP contribution in [0.25, 0.3) is 11.1 Å². The summed E-state index contributed by atoms with van der Waals surface area (Å²) < 4.78 is 9.90. The largest absolute Gasteiger partial charge is 0.449 e. The fourth-order valence-corrected chi connectivity index (χ4v) is 2.49. The minimum Gasteiger partial charge on any atom is -0.449 e. The number of ether oxygens (including phenoxy) is 2. The van der Waals surface area contributed by atoms with Crippen molar-refractivity contribution >= 4 is 12.2 Å². The molecule has 0 heterocycles. The van der Waals surface area contributed by atoms with Crippen LogP contribution in [0.2, 0.25) is 0 Å². The van der Waals surface area contributed by atoms with E-state index in [-0.39, 0.29) is 13.2 Å². The van der Waals surface area contributed by atoms with Gasteiger partial charge in [-0.05, 0) is 37.5 Å². The highest BCUT2D eigenvalue weighted by atomic mass is 16.6. The van der Waals surface area contributed by atoms with E-state index in [9.17, 15) is 9.59 Å². The number of nitrogens with zero attached hydrogens (tertiary/aromatic N) is 1. The normalized spacial score (nSPS) is 11.3. The van der Waals surface area contributed by atoms with Crippen LogP contribution in [0, 0.1) is 0 Å². The Morgan fingerprint density at radius 2 is 1.50 bits per heavy atom. The molecule has 1 N–H and O–H groups in total. The average Bonchev–Trinajstić information content (AvgIpc) is 2.67. The highest BCUT2D eigenvalue weighted by molar-refractivity contribution is 5.74. The van der Waals surface area contributed by atoms with Crippen molar-refractivity contribution < 1.29 is 19.1 Å². The summed E-state index contributed by atoms with van der Waals surface area (Å²) in [6.07, 6.45) is -1.34. The maximum Gasteiger partial charge on any atom is 0.429 e. The van der Waals surface area contributed by atoms with Crippen LogP contribution in [0.1, 0.15) is 32.4 Å². The second kappa shape index (κ2) is 9.46. The molecular formula is C20H24N2O4. The smallest absolute Gasteiger partial charge is 0.429 e. The number of benzene rings is 2. The van der Waals surface area contributed by atoms with Gasteiger partial charge in [-0.2, -0.15) is 0 Å². The molecule has 0 saturated carbocycles. The quantitative estimate of drug-likeness (QED) is 0.799. The lowest BCUT2D eigenvalue weighted by Crippen LogP contribution is -2.48. The van der Waals surface area contributed by atoms with Crippen molar-refractivity contribution in [3.05, 3.63) is 60.2 Å². The van der Waals surface area contributed by atoms with E-state index in [0.29, 0.717) is 0 Å². The third-order valence-electron chi connectivity index (χ3n) is 3.84. The first-order valence-electron chi connectivity index (χ1n) is 8.61. The van der Waals surface area contributed by atoms with E-state index in [1.54, 1.807) is 20.8 Å². The summed E-state index contributed by atoms with van der Waals surface area (Å²) in [6, 6.07) is 17.4. The second-order valence-corrected chi connectivity index (χ2v) is 5.57. The van der Waals surface area contributed by atoms with Crippen molar-refractivity contribution in [3.8, 4) is 11.1 Å². The lowest BCUT2D eigenvalue weighted by atomic mass is 10.0. The summed E-state index contributed by atoms with van der Waals surface area (Å²) in [6.45, 7) is 5.63. The number of nitrogens with one attached hydrogen (secondary N) is 1. The number of hydrogen-bond acceptors (Lipinski definition) is 4. The fourth-order valence-electron chi connectivity index (χ4n) is 2.49. The molecule has 2 aromatic carbocycles. The zero-order valence-electron chi connectivity index (χ0n) is 15.3. The van der Waals surface area contributed by atoms with Gasteiger partial charge in [0.15, 0.2) is 0 Å². The molecule has 2 rings (SSSR count). The third kappa shape index (κ3) is 4.99. The van der Waals surface area contributed by atoms with E-state index in [1.807, 2.05) is 54.6 Å².